The highest BCUT2D eigenvalue weighted by Gasteiger charge is 2.14. The predicted octanol–water partition coefficient (Wildman–Crippen LogP) is 4.48. The van der Waals surface area contributed by atoms with Crippen molar-refractivity contribution in [1.82, 2.24) is 5.16 Å². The van der Waals surface area contributed by atoms with Crippen molar-refractivity contribution < 1.29 is 18.5 Å². The van der Waals surface area contributed by atoms with Crippen LogP contribution in [0.3, 0.4) is 0 Å². The minimum atomic E-state index is -0.283. The summed E-state index contributed by atoms with van der Waals surface area (Å²) >= 11 is 0. The maximum Gasteiger partial charge on any atom is 0.249 e. The largest absolute Gasteiger partial charge is 0.493 e. The molecule has 0 atom stereocenters. The van der Waals surface area contributed by atoms with Crippen molar-refractivity contribution in [3.05, 3.63) is 47.4 Å². The highest BCUT2D eigenvalue weighted by Crippen LogP contribution is 2.35. The summed E-state index contributed by atoms with van der Waals surface area (Å²) in [4.78, 5) is 12.2. The number of allylic oxidation sites excluding steroid dienone is 1. The number of nitrogens with one attached hydrogen (secondary N) is 1. The Morgan fingerprint density at radius 3 is 2.84 bits per heavy atom. The van der Waals surface area contributed by atoms with Gasteiger partial charge in [-0.3, -0.25) is 4.79 Å². The van der Waals surface area contributed by atoms with Crippen molar-refractivity contribution in [2.45, 2.75) is 27.7 Å². The summed E-state index contributed by atoms with van der Waals surface area (Å²) in [6, 6.07) is 5.46. The van der Waals surface area contributed by atoms with E-state index in [1.807, 2.05) is 39.8 Å². The van der Waals surface area contributed by atoms with Gasteiger partial charge in [0.25, 0.3) is 0 Å². The first-order valence-corrected chi connectivity index (χ1v) is 8.06. The van der Waals surface area contributed by atoms with Crippen LogP contribution < -0.4 is 10.1 Å². The molecule has 0 fully saturated rings. The van der Waals surface area contributed by atoms with Crippen LogP contribution in [0.4, 0.5) is 5.82 Å². The van der Waals surface area contributed by atoms with E-state index in [4.69, 9.17) is 13.7 Å². The van der Waals surface area contributed by atoms with Crippen molar-refractivity contribution in [2.24, 2.45) is 0 Å². The van der Waals surface area contributed by atoms with Gasteiger partial charge in [0.1, 0.15) is 23.4 Å². The first-order valence-electron chi connectivity index (χ1n) is 8.06. The van der Waals surface area contributed by atoms with Crippen LogP contribution >= 0.6 is 0 Å². The monoisotopic (exact) mass is 340 g/mol. The van der Waals surface area contributed by atoms with Gasteiger partial charge < -0.3 is 19.0 Å². The van der Waals surface area contributed by atoms with E-state index < -0.39 is 0 Å². The lowest BCUT2D eigenvalue weighted by Crippen LogP contribution is -2.09. The number of aromatic nitrogens is 1. The minimum Gasteiger partial charge on any atom is -0.493 e. The van der Waals surface area contributed by atoms with Gasteiger partial charge in [-0.1, -0.05) is 5.16 Å². The van der Waals surface area contributed by atoms with Crippen LogP contribution in [-0.2, 0) is 4.79 Å². The van der Waals surface area contributed by atoms with Crippen LogP contribution in [0, 0.1) is 13.8 Å². The summed E-state index contributed by atoms with van der Waals surface area (Å²) in [5, 5.41) is 7.33. The first-order chi connectivity index (χ1) is 12.0. The average Bonchev–Trinajstić information content (AvgIpc) is 3.16. The lowest BCUT2D eigenvalue weighted by atomic mass is 10.0. The molecule has 0 saturated heterocycles. The van der Waals surface area contributed by atoms with Crippen molar-refractivity contribution in [3.8, 4) is 5.75 Å². The smallest absolute Gasteiger partial charge is 0.249 e. The molecule has 0 saturated carbocycles. The highest BCUT2D eigenvalue weighted by atomic mass is 16.5. The standard InChI is InChI=1S/C19H20N2O4/c1-5-23-16-10-17-15(12(3)13(4)25-17)9-14(16)11(2)8-19(22)20-18-6-7-24-21-18/h6-10H,5H2,1-4H3,(H,20,21,22)/b11-8+. The Hall–Kier alpha value is -3.02. The third-order valence-corrected chi connectivity index (χ3v) is 4.04. The Bertz CT molecular complexity index is 936. The van der Waals surface area contributed by atoms with Crippen LogP contribution in [0.25, 0.3) is 16.5 Å². The van der Waals surface area contributed by atoms with E-state index in [2.05, 4.69) is 10.5 Å². The third-order valence-electron chi connectivity index (χ3n) is 4.04. The van der Waals surface area contributed by atoms with Crippen molar-refractivity contribution in [1.29, 1.82) is 0 Å². The van der Waals surface area contributed by atoms with Gasteiger partial charge in [0, 0.05) is 29.2 Å². The Kier molecular flexibility index (Phi) is 4.61. The molecule has 3 aromatic rings. The summed E-state index contributed by atoms with van der Waals surface area (Å²) in [6.45, 7) is 8.26. The fourth-order valence-electron chi connectivity index (χ4n) is 2.67. The summed E-state index contributed by atoms with van der Waals surface area (Å²) < 4.78 is 16.2. The van der Waals surface area contributed by atoms with Crippen molar-refractivity contribution in [3.63, 3.8) is 0 Å². The van der Waals surface area contributed by atoms with Crippen LogP contribution in [0.15, 0.2) is 39.5 Å². The molecule has 2 heterocycles. The predicted molar refractivity (Wildman–Crippen MR) is 95.6 cm³/mol. The van der Waals surface area contributed by atoms with Gasteiger partial charge in [-0.15, -0.1) is 0 Å². The maximum atomic E-state index is 12.2. The van der Waals surface area contributed by atoms with Crippen LogP contribution in [0.2, 0.25) is 0 Å². The molecule has 130 valence electrons. The van der Waals surface area contributed by atoms with E-state index in [1.54, 1.807) is 6.07 Å². The molecule has 0 bridgehead atoms. The van der Waals surface area contributed by atoms with E-state index in [1.165, 1.54) is 12.3 Å². The number of carbonyl (C=O) groups excluding carboxylic acids is 1. The van der Waals surface area contributed by atoms with E-state index >= 15 is 0 Å². The van der Waals surface area contributed by atoms with Gasteiger partial charge in [0.15, 0.2) is 5.82 Å². The molecule has 0 aliphatic rings. The van der Waals surface area contributed by atoms with Crippen molar-refractivity contribution >= 4 is 28.3 Å². The second-order valence-corrected chi connectivity index (χ2v) is 5.76. The molecule has 3 rings (SSSR count). The SMILES string of the molecule is CCOc1cc2oc(C)c(C)c2cc1/C(C)=C/C(=O)Nc1ccon1. The van der Waals surface area contributed by atoms with Gasteiger partial charge >= 0.3 is 0 Å². The summed E-state index contributed by atoms with van der Waals surface area (Å²) in [5.41, 5.74) is 3.50. The average molecular weight is 340 g/mol. The molecule has 6 heteroatoms. The molecule has 1 amide bonds. The number of aryl methyl sites for hydroxylation is 2. The first kappa shape index (κ1) is 16.8. The molecule has 0 aliphatic heterocycles. The zero-order valence-electron chi connectivity index (χ0n) is 14.7. The lowest BCUT2D eigenvalue weighted by Gasteiger charge is -2.11. The zero-order chi connectivity index (χ0) is 18.0. The third kappa shape index (κ3) is 3.42. The molecule has 0 unspecified atom stereocenters. The zero-order valence-corrected chi connectivity index (χ0v) is 14.7. The minimum absolute atomic E-state index is 0.283. The van der Waals surface area contributed by atoms with Gasteiger partial charge in [-0.05, 0) is 44.9 Å². The van der Waals surface area contributed by atoms with Gasteiger partial charge in [-0.25, -0.2) is 0 Å². The lowest BCUT2D eigenvalue weighted by molar-refractivity contribution is -0.111. The van der Waals surface area contributed by atoms with Crippen LogP contribution in [0.5, 0.6) is 5.75 Å². The molecule has 0 spiro atoms. The summed E-state index contributed by atoms with van der Waals surface area (Å²) in [5.74, 6) is 1.65. The topological polar surface area (TPSA) is 77.5 Å². The Morgan fingerprint density at radius 1 is 1.36 bits per heavy atom. The van der Waals surface area contributed by atoms with E-state index in [0.29, 0.717) is 18.2 Å². The summed E-state index contributed by atoms with van der Waals surface area (Å²) in [6.07, 6.45) is 2.91. The number of anilines is 1. The van der Waals surface area contributed by atoms with Gasteiger partial charge in [0.05, 0.1) is 6.61 Å². The summed E-state index contributed by atoms with van der Waals surface area (Å²) in [7, 11) is 0. The quantitative estimate of drug-likeness (QED) is 0.693. The van der Waals surface area contributed by atoms with E-state index in [9.17, 15) is 4.79 Å². The normalized spacial score (nSPS) is 11.8. The fourth-order valence-corrected chi connectivity index (χ4v) is 2.67. The molecule has 1 aromatic carbocycles. The number of furan rings is 1. The number of rotatable bonds is 5. The number of hydrogen-bond acceptors (Lipinski definition) is 5. The molecule has 0 aliphatic carbocycles. The number of benzene rings is 1. The number of carbonyl (C=O) groups is 1. The highest BCUT2D eigenvalue weighted by molar-refractivity contribution is 6.04. The molecule has 1 N–H and O–H groups in total. The molecule has 6 nitrogen and oxygen atoms in total. The second kappa shape index (κ2) is 6.84. The molecular formula is C19H20N2O4. The second-order valence-electron chi connectivity index (χ2n) is 5.76. The Balaban J connectivity index is 1.99. The number of ether oxygens (including phenoxy) is 1. The molecule has 0 radical (unpaired) electrons. The van der Waals surface area contributed by atoms with Crippen LogP contribution in [0.1, 0.15) is 30.7 Å². The fraction of sp³-hybridized carbons (Fsp3) is 0.263. The van der Waals surface area contributed by atoms with Gasteiger partial charge in [-0.2, -0.15) is 0 Å². The van der Waals surface area contributed by atoms with Crippen molar-refractivity contribution in [2.75, 3.05) is 11.9 Å². The number of amides is 1. The Morgan fingerprint density at radius 2 is 2.16 bits per heavy atom. The van der Waals surface area contributed by atoms with E-state index in [0.717, 1.165) is 33.4 Å². The Labute approximate surface area is 145 Å². The molecule has 2 aromatic heterocycles. The number of nitrogens with zero attached hydrogens (tertiary/aromatic N) is 1. The van der Waals surface area contributed by atoms with Gasteiger partial charge in [0.2, 0.25) is 5.91 Å². The van der Waals surface area contributed by atoms with E-state index in [-0.39, 0.29) is 5.91 Å². The molecular weight excluding hydrogens is 320 g/mol. The number of hydrogen-bond donors (Lipinski definition) is 1. The van der Waals surface area contributed by atoms with Crippen LogP contribution in [-0.4, -0.2) is 17.7 Å². The number of fused-ring (bicyclic) bond motifs is 1. The molecule has 25 heavy (non-hydrogen) atoms. The maximum absolute atomic E-state index is 12.2.